The summed E-state index contributed by atoms with van der Waals surface area (Å²) in [5.41, 5.74) is 2.39. The first kappa shape index (κ1) is 29.8. The fourth-order valence-corrected chi connectivity index (χ4v) is 6.11. The minimum atomic E-state index is -0.426. The molecule has 43 heavy (non-hydrogen) atoms. The summed E-state index contributed by atoms with van der Waals surface area (Å²) in [5.74, 6) is 3.18. The topological polar surface area (TPSA) is 105 Å². The van der Waals surface area contributed by atoms with Gasteiger partial charge in [-0.15, -0.1) is 0 Å². The van der Waals surface area contributed by atoms with Crippen LogP contribution in [0.15, 0.2) is 97.1 Å². The van der Waals surface area contributed by atoms with Gasteiger partial charge in [0.1, 0.15) is 23.0 Å². The lowest BCUT2D eigenvalue weighted by Gasteiger charge is -2.41. The summed E-state index contributed by atoms with van der Waals surface area (Å²) in [6.45, 7) is 2.25. The van der Waals surface area contributed by atoms with Crippen molar-refractivity contribution in [2.75, 3.05) is 0 Å². The molecule has 0 saturated heterocycles. The molecule has 0 aliphatic heterocycles. The zero-order valence-electron chi connectivity index (χ0n) is 24.3. The van der Waals surface area contributed by atoms with Gasteiger partial charge in [0.2, 0.25) is 0 Å². The van der Waals surface area contributed by atoms with Gasteiger partial charge in [-0.25, -0.2) is 0 Å². The van der Waals surface area contributed by atoms with Gasteiger partial charge in [0.15, 0.2) is 0 Å². The van der Waals surface area contributed by atoms with E-state index < -0.39 is 9.85 Å². The second kappa shape index (κ2) is 13.5. The Kier molecular flexibility index (Phi) is 9.35. The number of rotatable bonds is 12. The third kappa shape index (κ3) is 7.20. The largest absolute Gasteiger partial charge is 0.457 e. The van der Waals surface area contributed by atoms with Crippen LogP contribution >= 0.6 is 0 Å². The molecule has 1 fully saturated rings. The van der Waals surface area contributed by atoms with Crippen LogP contribution in [-0.4, -0.2) is 9.85 Å². The van der Waals surface area contributed by atoms with E-state index in [0.717, 1.165) is 18.8 Å². The Labute approximate surface area is 251 Å². The first-order valence-electron chi connectivity index (χ1n) is 14.9. The van der Waals surface area contributed by atoms with Crippen LogP contribution in [0.5, 0.6) is 23.0 Å². The molecule has 8 heteroatoms. The number of ether oxygens (including phenoxy) is 2. The molecule has 1 saturated carbocycles. The summed E-state index contributed by atoms with van der Waals surface area (Å²) >= 11 is 0. The zero-order chi connectivity index (χ0) is 30.2. The lowest BCUT2D eigenvalue weighted by atomic mass is 9.62. The second-order valence-electron chi connectivity index (χ2n) is 11.3. The van der Waals surface area contributed by atoms with Crippen molar-refractivity contribution in [3.8, 4) is 23.0 Å². The average Bonchev–Trinajstić information content (AvgIpc) is 3.03. The van der Waals surface area contributed by atoms with Gasteiger partial charge in [0, 0.05) is 29.7 Å². The molecule has 0 spiro atoms. The Hall–Kier alpha value is -4.72. The first-order valence-corrected chi connectivity index (χ1v) is 14.9. The van der Waals surface area contributed by atoms with Crippen molar-refractivity contribution < 1.29 is 19.3 Å². The minimum Gasteiger partial charge on any atom is -0.457 e. The van der Waals surface area contributed by atoms with E-state index >= 15 is 0 Å². The number of hydrogen-bond donors (Lipinski definition) is 0. The third-order valence-corrected chi connectivity index (χ3v) is 8.55. The smallest absolute Gasteiger partial charge is 0.269 e. The second-order valence-corrected chi connectivity index (χ2v) is 11.3. The van der Waals surface area contributed by atoms with Gasteiger partial charge in [-0.2, -0.15) is 0 Å². The first-order chi connectivity index (χ1) is 20.9. The number of unbranched alkanes of at least 4 members (excludes halogenated alkanes) is 2. The zero-order valence-corrected chi connectivity index (χ0v) is 24.3. The summed E-state index contributed by atoms with van der Waals surface area (Å²) in [6, 6.07) is 28.6. The minimum absolute atomic E-state index is 0.0269. The van der Waals surface area contributed by atoms with E-state index in [2.05, 4.69) is 31.2 Å². The SMILES string of the molecule is CCCCCC1CCC(c2ccc(Oc3ccc([N+](=O)[O-])cc3)cc2)(c2ccc(Oc3ccc([N+](=O)[O-])cc3)cc2)CC1. The van der Waals surface area contributed by atoms with Crippen molar-refractivity contribution in [1.82, 2.24) is 0 Å². The van der Waals surface area contributed by atoms with Crippen molar-refractivity contribution in [2.45, 2.75) is 63.7 Å². The van der Waals surface area contributed by atoms with Crippen LogP contribution < -0.4 is 9.47 Å². The number of benzene rings is 4. The lowest BCUT2D eigenvalue weighted by molar-refractivity contribution is -0.385. The highest BCUT2D eigenvalue weighted by Crippen LogP contribution is 2.48. The summed E-state index contributed by atoms with van der Waals surface area (Å²) in [6.07, 6.45) is 9.54. The van der Waals surface area contributed by atoms with Crippen LogP contribution in [0, 0.1) is 26.1 Å². The van der Waals surface area contributed by atoms with E-state index in [0.29, 0.717) is 23.0 Å². The summed E-state index contributed by atoms with van der Waals surface area (Å²) in [4.78, 5) is 21.1. The van der Waals surface area contributed by atoms with Gasteiger partial charge >= 0.3 is 0 Å². The molecule has 4 aromatic carbocycles. The molecule has 0 radical (unpaired) electrons. The highest BCUT2D eigenvalue weighted by atomic mass is 16.6. The van der Waals surface area contributed by atoms with Crippen LogP contribution in [0.25, 0.3) is 0 Å². The van der Waals surface area contributed by atoms with Crippen molar-refractivity contribution in [1.29, 1.82) is 0 Å². The summed E-state index contributed by atoms with van der Waals surface area (Å²) in [7, 11) is 0. The van der Waals surface area contributed by atoms with Crippen LogP contribution in [0.4, 0.5) is 11.4 Å². The molecule has 0 heterocycles. The monoisotopic (exact) mass is 580 g/mol. The van der Waals surface area contributed by atoms with Gasteiger partial charge in [-0.3, -0.25) is 20.2 Å². The van der Waals surface area contributed by atoms with Crippen LogP contribution in [-0.2, 0) is 5.41 Å². The number of nitro groups is 2. The molecule has 0 unspecified atom stereocenters. The van der Waals surface area contributed by atoms with Gasteiger partial charge < -0.3 is 9.47 Å². The molecule has 222 valence electrons. The molecular formula is C35H36N2O6. The fourth-order valence-electron chi connectivity index (χ4n) is 6.11. The van der Waals surface area contributed by atoms with Crippen LogP contribution in [0.3, 0.4) is 0 Å². The predicted molar refractivity (Wildman–Crippen MR) is 166 cm³/mol. The predicted octanol–water partition coefficient (Wildman–Crippen LogP) is 10.1. The number of nitrogens with zero attached hydrogens (tertiary/aromatic N) is 2. The Morgan fingerprint density at radius 1 is 0.628 bits per heavy atom. The highest BCUT2D eigenvalue weighted by Gasteiger charge is 2.38. The summed E-state index contributed by atoms with van der Waals surface area (Å²) < 4.78 is 12.0. The quantitative estimate of drug-likeness (QED) is 0.0938. The van der Waals surface area contributed by atoms with Crippen LogP contribution in [0.2, 0.25) is 0 Å². The molecule has 0 bridgehead atoms. The normalized spacial score (nSPS) is 14.6. The van der Waals surface area contributed by atoms with Crippen molar-refractivity contribution in [3.63, 3.8) is 0 Å². The van der Waals surface area contributed by atoms with Crippen molar-refractivity contribution >= 4 is 11.4 Å². The molecule has 0 aromatic heterocycles. The highest BCUT2D eigenvalue weighted by molar-refractivity contribution is 5.46. The Bertz CT molecular complexity index is 1400. The van der Waals surface area contributed by atoms with E-state index in [1.165, 1.54) is 73.9 Å². The Morgan fingerprint density at radius 3 is 1.35 bits per heavy atom. The van der Waals surface area contributed by atoms with E-state index in [9.17, 15) is 20.2 Å². The molecular weight excluding hydrogens is 544 g/mol. The molecule has 0 atom stereocenters. The molecule has 0 amide bonds. The van der Waals surface area contributed by atoms with Gasteiger partial charge in [0.05, 0.1) is 9.85 Å². The number of non-ortho nitro benzene ring substituents is 2. The van der Waals surface area contributed by atoms with Crippen molar-refractivity contribution in [2.24, 2.45) is 5.92 Å². The maximum Gasteiger partial charge on any atom is 0.269 e. The Morgan fingerprint density at radius 2 is 1.00 bits per heavy atom. The van der Waals surface area contributed by atoms with Gasteiger partial charge in [-0.1, -0.05) is 56.9 Å². The van der Waals surface area contributed by atoms with Crippen molar-refractivity contribution in [3.05, 3.63) is 128 Å². The van der Waals surface area contributed by atoms with E-state index in [1.807, 2.05) is 24.3 Å². The third-order valence-electron chi connectivity index (χ3n) is 8.55. The maximum atomic E-state index is 11.0. The van der Waals surface area contributed by atoms with Gasteiger partial charge in [-0.05, 0) is 91.3 Å². The van der Waals surface area contributed by atoms with E-state index in [4.69, 9.17) is 9.47 Å². The molecule has 0 N–H and O–H groups in total. The average molecular weight is 581 g/mol. The maximum absolute atomic E-state index is 11.0. The van der Waals surface area contributed by atoms with Gasteiger partial charge in [0.25, 0.3) is 11.4 Å². The van der Waals surface area contributed by atoms with E-state index in [-0.39, 0.29) is 16.8 Å². The molecule has 1 aliphatic carbocycles. The molecule has 5 rings (SSSR count). The standard InChI is InChI=1S/C35H36N2O6/c1-2-3-4-5-26-22-24-35(25-23-26,27-6-14-31(15-7-27)42-33-18-10-29(11-19-33)36(38)39)28-8-16-32(17-9-28)43-34-20-12-30(13-21-34)37(40)41/h6-21,26H,2-5,22-25H2,1H3. The van der Waals surface area contributed by atoms with E-state index in [1.54, 1.807) is 24.3 Å². The van der Waals surface area contributed by atoms with Crippen LogP contribution in [0.1, 0.15) is 69.4 Å². The number of nitro benzene ring substituents is 2. The lowest BCUT2D eigenvalue weighted by Crippen LogP contribution is -2.33. The Balaban J connectivity index is 1.35. The molecule has 1 aliphatic rings. The summed E-state index contributed by atoms with van der Waals surface area (Å²) in [5, 5.41) is 21.9. The molecule has 4 aromatic rings. The number of hydrogen-bond acceptors (Lipinski definition) is 6. The fraction of sp³-hybridized carbons (Fsp3) is 0.314. The molecule has 8 nitrogen and oxygen atoms in total.